The highest BCUT2D eigenvalue weighted by Gasteiger charge is 2.45. The number of amides is 5. The molecule has 2 saturated heterocycles. The van der Waals surface area contributed by atoms with Crippen molar-refractivity contribution in [3.8, 4) is 44.9 Å². The number of carbonyl (C=O) groups excluding carboxylic acids is 6. The van der Waals surface area contributed by atoms with E-state index in [2.05, 4.69) is 20.9 Å². The minimum Gasteiger partial charge on any atom is -0.493 e. The molecule has 23 heteroatoms. The minimum atomic E-state index is -1.03. The fraction of sp³-hybridized carbons (Fsp3) is 0.500. The standard InChI is InChI=1S/C66H86N6O16S/c1-11-49(46-33-55(82-8)59(84-10)56(34-46)83-9)63(77)71-27-13-12-17-50(71)65(79)88-52(24-20-42-21-25-53(80-6)54(31-42)81-7)45-15-14-16-48(32-45)87-39-57(74)67-26-28-85-29-30-86-38-58(75)70-61(66(3,4)5)64(78)72-37-47(73)35-51(72)62(76)68-36-43-18-22-44(23-19-43)60-41(2)69-40-89-60/h14-16,18-19,21-23,25,31-34,40,47,49-52,61,73H,11-13,17,20,24,26-30,35-39H2,1-10H3,(H,67,74)(H,68,76)(H,70,75)/t47?,49-,50-,51-,52+,61+/m0/s1. The average molecular weight is 1250 g/mol. The third-order valence-corrected chi connectivity index (χ3v) is 16.7. The highest BCUT2D eigenvalue weighted by molar-refractivity contribution is 7.13. The molecule has 4 aromatic carbocycles. The van der Waals surface area contributed by atoms with Gasteiger partial charge in [0, 0.05) is 32.6 Å². The normalized spacial score (nSPS) is 16.7. The summed E-state index contributed by atoms with van der Waals surface area (Å²) in [5, 5.41) is 19.1. The lowest BCUT2D eigenvalue weighted by Crippen LogP contribution is -2.58. The summed E-state index contributed by atoms with van der Waals surface area (Å²) >= 11 is 1.56. The van der Waals surface area contributed by atoms with E-state index < -0.39 is 71.3 Å². The van der Waals surface area contributed by atoms with E-state index in [-0.39, 0.29) is 65.0 Å². The Labute approximate surface area is 525 Å². The van der Waals surface area contributed by atoms with Gasteiger partial charge in [-0.2, -0.15) is 0 Å². The van der Waals surface area contributed by atoms with E-state index >= 15 is 0 Å². The first kappa shape index (κ1) is 68.5. The first-order chi connectivity index (χ1) is 42.8. The van der Waals surface area contributed by atoms with Gasteiger partial charge in [-0.05, 0) is 115 Å². The number of carbonyl (C=O) groups is 6. The molecule has 0 saturated carbocycles. The third-order valence-electron chi connectivity index (χ3n) is 15.7. The van der Waals surface area contributed by atoms with Crippen LogP contribution in [0.15, 0.2) is 84.4 Å². The number of methoxy groups -OCH3 is 5. The van der Waals surface area contributed by atoms with Gasteiger partial charge < -0.3 is 73.5 Å². The van der Waals surface area contributed by atoms with Crippen LogP contribution in [0.5, 0.6) is 34.5 Å². The molecule has 7 rings (SSSR count). The summed E-state index contributed by atoms with van der Waals surface area (Å²) in [6.07, 6.45) is 1.51. The monoisotopic (exact) mass is 1250 g/mol. The highest BCUT2D eigenvalue weighted by atomic mass is 32.1. The van der Waals surface area contributed by atoms with Crippen molar-refractivity contribution in [3.05, 3.63) is 112 Å². The third kappa shape index (κ3) is 18.6. The second-order valence-electron chi connectivity index (χ2n) is 22.9. The molecule has 0 spiro atoms. The number of aryl methyl sites for hydroxylation is 2. The smallest absolute Gasteiger partial charge is 0.329 e. The number of likely N-dealkylation sites (tertiary alicyclic amines) is 2. The topological polar surface area (TPSA) is 261 Å². The summed E-state index contributed by atoms with van der Waals surface area (Å²) in [6, 6.07) is 21.2. The molecular weight excluding hydrogens is 1160 g/mol. The van der Waals surface area contributed by atoms with Crippen molar-refractivity contribution in [3.63, 3.8) is 0 Å². The second-order valence-corrected chi connectivity index (χ2v) is 23.8. The van der Waals surface area contributed by atoms with Gasteiger partial charge in [-0.1, -0.05) is 70.2 Å². The van der Waals surface area contributed by atoms with Gasteiger partial charge in [0.05, 0.1) is 83.5 Å². The second kappa shape index (κ2) is 33.0. The summed E-state index contributed by atoms with van der Waals surface area (Å²) < 4.78 is 51.3. The molecule has 4 N–H and O–H groups in total. The predicted molar refractivity (Wildman–Crippen MR) is 333 cm³/mol. The highest BCUT2D eigenvalue weighted by Crippen LogP contribution is 2.42. The molecule has 482 valence electrons. The molecular formula is C66H86N6O16S. The van der Waals surface area contributed by atoms with Crippen LogP contribution in [0.3, 0.4) is 0 Å². The SMILES string of the molecule is CC[C@H](C(=O)N1CCCC[C@H]1C(=O)O[C@H](CCc1ccc(OC)c(OC)c1)c1cccc(OCC(=O)NCCOCCOCC(=O)N[C@H](C(=O)N2CC(O)C[C@H]2C(=O)NCc2ccc(-c3scnc3C)cc2)C(C)(C)C)c1)c1cc(OC)c(OC)c(OC)c1. The zero-order chi connectivity index (χ0) is 64.2. The zero-order valence-electron chi connectivity index (χ0n) is 52.7. The van der Waals surface area contributed by atoms with E-state index in [1.165, 1.54) is 26.2 Å². The molecule has 2 aliphatic rings. The lowest BCUT2D eigenvalue weighted by molar-refractivity contribution is -0.162. The van der Waals surface area contributed by atoms with E-state index in [0.29, 0.717) is 77.9 Å². The summed E-state index contributed by atoms with van der Waals surface area (Å²) in [6.45, 7) is 9.56. The summed E-state index contributed by atoms with van der Waals surface area (Å²) in [4.78, 5) is 91.2. The molecule has 2 aliphatic heterocycles. The number of aromatic nitrogens is 1. The maximum absolute atomic E-state index is 14.6. The average Bonchev–Trinajstić information content (AvgIpc) is 2.18. The van der Waals surface area contributed by atoms with Crippen molar-refractivity contribution >= 4 is 46.8 Å². The number of aliphatic hydroxyl groups is 1. The van der Waals surface area contributed by atoms with Crippen LogP contribution >= 0.6 is 11.3 Å². The van der Waals surface area contributed by atoms with Crippen molar-refractivity contribution in [2.24, 2.45) is 5.41 Å². The van der Waals surface area contributed by atoms with Gasteiger partial charge in [-0.15, -0.1) is 11.3 Å². The Kier molecular flexibility index (Phi) is 25.4. The molecule has 0 radical (unpaired) electrons. The number of ether oxygens (including phenoxy) is 9. The molecule has 22 nitrogen and oxygen atoms in total. The number of hydrogen-bond donors (Lipinski definition) is 4. The zero-order valence-corrected chi connectivity index (χ0v) is 53.5. The number of aliphatic hydroxyl groups excluding tert-OH is 1. The molecule has 6 atom stereocenters. The number of thiazole rings is 1. The number of rotatable bonds is 31. The summed E-state index contributed by atoms with van der Waals surface area (Å²) in [7, 11) is 7.68. The fourth-order valence-electron chi connectivity index (χ4n) is 11.0. The Balaban J connectivity index is 0.873. The summed E-state index contributed by atoms with van der Waals surface area (Å²) in [5.41, 5.74) is 6.09. The molecule has 5 aromatic rings. The molecule has 0 aliphatic carbocycles. The van der Waals surface area contributed by atoms with Crippen molar-refractivity contribution in [1.82, 2.24) is 30.7 Å². The first-order valence-corrected chi connectivity index (χ1v) is 30.9. The van der Waals surface area contributed by atoms with Crippen LogP contribution in [0.25, 0.3) is 10.4 Å². The number of piperidine rings is 1. The molecule has 1 aromatic heterocycles. The van der Waals surface area contributed by atoms with Gasteiger partial charge in [0.2, 0.25) is 29.4 Å². The molecule has 0 bridgehead atoms. The Bertz CT molecular complexity index is 3160. The van der Waals surface area contributed by atoms with Gasteiger partial charge in [0.15, 0.2) is 29.6 Å². The first-order valence-electron chi connectivity index (χ1n) is 30.0. The summed E-state index contributed by atoms with van der Waals surface area (Å²) in [5.74, 6) is -0.472. The lowest BCUT2D eigenvalue weighted by Gasteiger charge is -2.37. The van der Waals surface area contributed by atoms with E-state index in [9.17, 15) is 33.9 Å². The van der Waals surface area contributed by atoms with Gasteiger partial charge in [0.25, 0.3) is 5.91 Å². The van der Waals surface area contributed by atoms with E-state index in [0.717, 1.165) is 40.1 Å². The largest absolute Gasteiger partial charge is 0.493 e. The number of nitrogens with one attached hydrogen (secondary N) is 3. The Morgan fingerprint density at radius 1 is 0.730 bits per heavy atom. The van der Waals surface area contributed by atoms with Crippen LogP contribution in [0.4, 0.5) is 0 Å². The molecule has 3 heterocycles. The number of β-amino-alcohol motifs (C(OH)–C–C–N with tert-alkyl or cyclic N) is 1. The van der Waals surface area contributed by atoms with Gasteiger partial charge in [-0.3, -0.25) is 24.0 Å². The number of nitrogens with zero attached hydrogens (tertiary/aromatic N) is 3. The number of benzene rings is 4. The molecule has 5 amide bonds. The van der Waals surface area contributed by atoms with Crippen LogP contribution in [0.1, 0.15) is 106 Å². The quantitative estimate of drug-likeness (QED) is 0.0251. The molecule has 89 heavy (non-hydrogen) atoms. The van der Waals surface area contributed by atoms with Crippen LogP contribution in [-0.4, -0.2) is 168 Å². The lowest BCUT2D eigenvalue weighted by atomic mass is 9.85. The molecule has 1 unspecified atom stereocenters. The van der Waals surface area contributed by atoms with Gasteiger partial charge >= 0.3 is 5.97 Å². The Morgan fingerprint density at radius 3 is 2.10 bits per heavy atom. The van der Waals surface area contributed by atoms with Crippen LogP contribution in [0, 0.1) is 12.3 Å². The van der Waals surface area contributed by atoms with Gasteiger partial charge in [0.1, 0.15) is 36.6 Å². The number of esters is 1. The van der Waals surface area contributed by atoms with Crippen molar-refractivity contribution in [2.75, 3.05) is 88.2 Å². The Morgan fingerprint density at radius 2 is 1.44 bits per heavy atom. The van der Waals surface area contributed by atoms with Crippen molar-refractivity contribution in [2.45, 2.75) is 122 Å². The fourth-order valence-corrected chi connectivity index (χ4v) is 11.8. The van der Waals surface area contributed by atoms with E-state index in [4.69, 9.17) is 42.6 Å². The minimum absolute atomic E-state index is 0.0423. The Hall–Kier alpha value is -7.99. The van der Waals surface area contributed by atoms with Crippen molar-refractivity contribution < 1.29 is 76.5 Å². The van der Waals surface area contributed by atoms with Crippen LogP contribution in [0.2, 0.25) is 0 Å². The number of hydrogen-bond acceptors (Lipinski definition) is 18. The molecule has 2 fully saturated rings. The van der Waals surface area contributed by atoms with Crippen LogP contribution < -0.4 is 44.4 Å². The van der Waals surface area contributed by atoms with Gasteiger partial charge in [-0.25, -0.2) is 9.78 Å². The maximum Gasteiger partial charge on any atom is 0.329 e. The van der Waals surface area contributed by atoms with Crippen LogP contribution in [-0.2, 0) is 55.9 Å². The maximum atomic E-state index is 14.6. The predicted octanol–water partition coefficient (Wildman–Crippen LogP) is 7.29. The van der Waals surface area contributed by atoms with Crippen molar-refractivity contribution in [1.29, 1.82) is 0 Å². The van der Waals surface area contributed by atoms with E-state index in [1.807, 2.05) is 62.4 Å². The van der Waals surface area contributed by atoms with E-state index in [1.54, 1.807) is 87.1 Å².